The number of carbonyl (C=O) groups is 2. The predicted octanol–water partition coefficient (Wildman–Crippen LogP) is 4.03. The van der Waals surface area contributed by atoms with Gasteiger partial charge in [-0.05, 0) is 41.5 Å². The highest BCUT2D eigenvalue weighted by Crippen LogP contribution is 2.43. The van der Waals surface area contributed by atoms with Crippen LogP contribution in [0.4, 0.5) is 11.4 Å². The first-order valence-corrected chi connectivity index (χ1v) is 12.8. The van der Waals surface area contributed by atoms with Gasteiger partial charge in [-0.3, -0.25) is 9.59 Å². The summed E-state index contributed by atoms with van der Waals surface area (Å²) >= 11 is 0. The summed E-state index contributed by atoms with van der Waals surface area (Å²) in [7, 11) is 4.56. The van der Waals surface area contributed by atoms with E-state index in [4.69, 9.17) is 14.2 Å². The van der Waals surface area contributed by atoms with Crippen molar-refractivity contribution < 1.29 is 23.8 Å². The summed E-state index contributed by atoms with van der Waals surface area (Å²) in [5.74, 6) is 0.352. The van der Waals surface area contributed by atoms with Gasteiger partial charge < -0.3 is 29.3 Å². The van der Waals surface area contributed by atoms with Crippen molar-refractivity contribution in [2.45, 2.75) is 18.9 Å². The first-order valence-electron chi connectivity index (χ1n) is 12.8. The average molecular weight is 516 g/mol. The molecule has 38 heavy (non-hydrogen) atoms. The second kappa shape index (κ2) is 11.1. The molecule has 2 aliphatic heterocycles. The smallest absolute Gasteiger partial charge is 0.228 e. The fourth-order valence-corrected chi connectivity index (χ4v) is 5.31. The van der Waals surface area contributed by atoms with Crippen LogP contribution in [0.3, 0.4) is 0 Å². The number of carbonyl (C=O) groups excluding carboxylic acids is 2. The number of hydrogen-bond donors (Lipinski definition) is 1. The van der Waals surface area contributed by atoms with Crippen LogP contribution in [-0.4, -0.2) is 59.2 Å². The maximum absolute atomic E-state index is 14.1. The number of Topliss-reactive ketones (excluding diaryl/α,β-unsaturated/α-hetero) is 1. The van der Waals surface area contributed by atoms with Gasteiger partial charge in [-0.15, -0.1) is 0 Å². The Morgan fingerprint density at radius 2 is 1.61 bits per heavy atom. The number of ether oxygens (including phenoxy) is 3. The molecule has 3 aromatic carbocycles. The Bertz CT molecular complexity index is 1300. The summed E-state index contributed by atoms with van der Waals surface area (Å²) in [4.78, 5) is 31.7. The number of piperazine rings is 1. The molecule has 1 fully saturated rings. The van der Waals surface area contributed by atoms with Crippen molar-refractivity contribution >= 4 is 23.1 Å². The van der Waals surface area contributed by atoms with Crippen LogP contribution in [0.1, 0.15) is 33.8 Å². The molecular weight excluding hydrogens is 482 g/mol. The molecule has 0 aliphatic carbocycles. The highest BCUT2D eigenvalue weighted by Gasteiger charge is 2.37. The third kappa shape index (κ3) is 4.91. The van der Waals surface area contributed by atoms with E-state index in [0.717, 1.165) is 48.7 Å². The molecule has 2 heterocycles. The molecule has 8 nitrogen and oxygen atoms in total. The lowest BCUT2D eigenvalue weighted by Crippen LogP contribution is -2.44. The van der Waals surface area contributed by atoms with Crippen molar-refractivity contribution in [3.05, 3.63) is 77.4 Å². The van der Waals surface area contributed by atoms with Crippen LogP contribution >= 0.6 is 0 Å². The number of hydrogen-bond acceptors (Lipinski definition) is 7. The molecule has 2 aliphatic rings. The average Bonchev–Trinajstić information content (AvgIpc) is 2.97. The number of amides is 1. The number of fused-ring (bicyclic) bond motifs is 1. The highest BCUT2D eigenvalue weighted by molar-refractivity contribution is 6.09. The number of nitrogens with zero attached hydrogens (tertiary/aromatic N) is 2. The van der Waals surface area contributed by atoms with Gasteiger partial charge in [-0.2, -0.15) is 0 Å². The maximum Gasteiger partial charge on any atom is 0.228 e. The molecule has 0 radical (unpaired) electrons. The molecule has 1 atom stereocenters. The van der Waals surface area contributed by atoms with Gasteiger partial charge in [-0.1, -0.05) is 30.3 Å². The minimum Gasteiger partial charge on any atom is -0.493 e. The van der Waals surface area contributed by atoms with Crippen molar-refractivity contribution in [2.24, 2.45) is 0 Å². The standard InChI is InChI=1S/C30H33N3O5/c1-36-26-15-21(16-27(37-2)30(26)38-3)29(35)24-18-28(34)33(19-20-7-5-4-6-8-20)25-10-9-22(17-23(24)25)32-13-11-31-12-14-32/h4-10,15-17,24,31H,11-14,18-19H2,1-3H3. The molecule has 1 N–H and O–H groups in total. The number of benzene rings is 3. The molecule has 198 valence electrons. The molecule has 1 unspecified atom stereocenters. The van der Waals surface area contributed by atoms with Crippen LogP contribution in [-0.2, 0) is 11.3 Å². The lowest BCUT2D eigenvalue weighted by molar-refractivity contribution is -0.119. The highest BCUT2D eigenvalue weighted by atomic mass is 16.5. The molecular formula is C30H33N3O5. The number of rotatable bonds is 8. The van der Waals surface area contributed by atoms with Gasteiger partial charge in [0.2, 0.25) is 11.7 Å². The summed E-state index contributed by atoms with van der Waals surface area (Å²) in [5.41, 5.74) is 4.13. The van der Waals surface area contributed by atoms with Crippen molar-refractivity contribution in [1.82, 2.24) is 5.32 Å². The first kappa shape index (κ1) is 25.6. The number of anilines is 2. The van der Waals surface area contributed by atoms with Gasteiger partial charge in [0.25, 0.3) is 0 Å². The van der Waals surface area contributed by atoms with E-state index in [2.05, 4.69) is 22.3 Å². The lowest BCUT2D eigenvalue weighted by atomic mass is 9.83. The van der Waals surface area contributed by atoms with E-state index in [1.165, 1.54) is 21.3 Å². The van der Waals surface area contributed by atoms with Crippen LogP contribution in [0.25, 0.3) is 0 Å². The molecule has 8 heteroatoms. The number of methoxy groups -OCH3 is 3. The SMILES string of the molecule is COc1cc(C(=O)C2CC(=O)N(Cc3ccccc3)c3ccc(N4CCNCC4)cc32)cc(OC)c1OC. The molecule has 0 bridgehead atoms. The van der Waals surface area contributed by atoms with E-state index in [-0.39, 0.29) is 18.1 Å². The van der Waals surface area contributed by atoms with Gasteiger partial charge in [-0.25, -0.2) is 0 Å². The number of nitrogens with one attached hydrogen (secondary N) is 1. The molecule has 5 rings (SSSR count). The summed E-state index contributed by atoms with van der Waals surface area (Å²) in [5, 5.41) is 3.38. The van der Waals surface area contributed by atoms with E-state index in [9.17, 15) is 9.59 Å². The van der Waals surface area contributed by atoms with Crippen LogP contribution in [0.2, 0.25) is 0 Å². The van der Waals surface area contributed by atoms with E-state index in [1.54, 1.807) is 17.0 Å². The Morgan fingerprint density at radius 3 is 2.24 bits per heavy atom. The van der Waals surface area contributed by atoms with Gasteiger partial charge in [0.15, 0.2) is 17.3 Å². The molecule has 0 saturated carbocycles. The second-order valence-corrected chi connectivity index (χ2v) is 9.48. The minimum atomic E-state index is -0.629. The van der Waals surface area contributed by atoms with Crippen LogP contribution < -0.4 is 29.3 Å². The van der Waals surface area contributed by atoms with Crippen LogP contribution in [0, 0.1) is 0 Å². The van der Waals surface area contributed by atoms with E-state index < -0.39 is 5.92 Å². The second-order valence-electron chi connectivity index (χ2n) is 9.48. The summed E-state index contributed by atoms with van der Waals surface area (Å²) < 4.78 is 16.4. The van der Waals surface area contributed by atoms with E-state index in [1.807, 2.05) is 36.4 Å². The van der Waals surface area contributed by atoms with Crippen molar-refractivity contribution in [2.75, 3.05) is 57.3 Å². The first-order chi connectivity index (χ1) is 18.5. The molecule has 1 amide bonds. The monoisotopic (exact) mass is 515 g/mol. The molecule has 0 spiro atoms. The molecule has 3 aromatic rings. The Balaban J connectivity index is 1.57. The van der Waals surface area contributed by atoms with E-state index in [0.29, 0.717) is 29.4 Å². The Kier molecular flexibility index (Phi) is 7.51. The third-order valence-corrected chi connectivity index (χ3v) is 7.29. The Hall–Kier alpha value is -4.04. The zero-order valence-corrected chi connectivity index (χ0v) is 22.0. The van der Waals surface area contributed by atoms with Crippen LogP contribution in [0.5, 0.6) is 17.2 Å². The van der Waals surface area contributed by atoms with Gasteiger partial charge in [0.1, 0.15) is 0 Å². The summed E-state index contributed by atoms with van der Waals surface area (Å²) in [6.45, 7) is 4.03. The van der Waals surface area contributed by atoms with Gasteiger partial charge in [0.05, 0.1) is 33.8 Å². The maximum atomic E-state index is 14.1. The van der Waals surface area contributed by atoms with Crippen molar-refractivity contribution in [3.8, 4) is 17.2 Å². The topological polar surface area (TPSA) is 80.3 Å². The number of ketones is 1. The Labute approximate surface area is 223 Å². The fourth-order valence-electron chi connectivity index (χ4n) is 5.31. The normalized spacial score (nSPS) is 17.1. The Morgan fingerprint density at radius 1 is 0.921 bits per heavy atom. The zero-order chi connectivity index (χ0) is 26.6. The van der Waals surface area contributed by atoms with E-state index >= 15 is 0 Å². The quantitative estimate of drug-likeness (QED) is 0.454. The largest absolute Gasteiger partial charge is 0.493 e. The third-order valence-electron chi connectivity index (χ3n) is 7.29. The van der Waals surface area contributed by atoms with Crippen molar-refractivity contribution in [1.29, 1.82) is 0 Å². The van der Waals surface area contributed by atoms with Crippen molar-refractivity contribution in [3.63, 3.8) is 0 Å². The lowest BCUT2D eigenvalue weighted by Gasteiger charge is -2.36. The van der Waals surface area contributed by atoms with Gasteiger partial charge in [0, 0.05) is 49.5 Å². The fraction of sp³-hybridized carbons (Fsp3) is 0.333. The zero-order valence-electron chi connectivity index (χ0n) is 22.0. The summed E-state index contributed by atoms with van der Waals surface area (Å²) in [6.07, 6.45) is 0.0837. The minimum absolute atomic E-state index is 0.0814. The van der Waals surface area contributed by atoms with Crippen LogP contribution in [0.15, 0.2) is 60.7 Å². The molecule has 1 saturated heterocycles. The summed E-state index contributed by atoms with van der Waals surface area (Å²) in [6, 6.07) is 19.4. The predicted molar refractivity (Wildman–Crippen MR) is 147 cm³/mol. The van der Waals surface area contributed by atoms with Gasteiger partial charge >= 0.3 is 0 Å². The molecule has 0 aromatic heterocycles.